The average molecular weight is 478 g/mol. The van der Waals surface area contributed by atoms with Crippen LogP contribution in [0.15, 0.2) is 72.8 Å². The zero-order valence-electron chi connectivity index (χ0n) is 18.8. The smallest absolute Gasteiger partial charge is 0.357 e. The Morgan fingerprint density at radius 2 is 1.60 bits per heavy atom. The van der Waals surface area contributed by atoms with Crippen LogP contribution in [0, 0.1) is 11.6 Å². The van der Waals surface area contributed by atoms with Gasteiger partial charge in [-0.3, -0.25) is 0 Å². The van der Waals surface area contributed by atoms with Gasteiger partial charge in [0, 0.05) is 5.56 Å². The number of carbonyl (C=O) groups excluding carboxylic acids is 2. The minimum atomic E-state index is -1.08. The second-order valence-corrected chi connectivity index (χ2v) is 7.34. The quantitative estimate of drug-likeness (QED) is 0.349. The van der Waals surface area contributed by atoms with Crippen molar-refractivity contribution in [2.45, 2.75) is 6.61 Å². The summed E-state index contributed by atoms with van der Waals surface area (Å²) in [6.45, 7) is -0.0783. The highest BCUT2D eigenvalue weighted by atomic mass is 19.2. The van der Waals surface area contributed by atoms with Crippen molar-refractivity contribution in [3.63, 3.8) is 0 Å². The molecule has 1 aromatic heterocycles. The minimum absolute atomic E-state index is 0.0718. The molecule has 0 amide bonds. The van der Waals surface area contributed by atoms with E-state index in [-0.39, 0.29) is 29.3 Å². The number of methoxy groups -OCH3 is 2. The lowest BCUT2D eigenvalue weighted by Crippen LogP contribution is -2.15. The topological polar surface area (TPSA) is 79.7 Å². The number of halogens is 2. The van der Waals surface area contributed by atoms with Crippen molar-refractivity contribution in [2.75, 3.05) is 14.2 Å². The number of ether oxygens (including phenoxy) is 3. The molecule has 9 heteroatoms. The van der Waals surface area contributed by atoms with Gasteiger partial charge in [0.05, 0.1) is 19.9 Å². The molecular weight excluding hydrogens is 458 g/mol. The van der Waals surface area contributed by atoms with Crippen molar-refractivity contribution < 1.29 is 32.6 Å². The monoisotopic (exact) mass is 478 g/mol. The Balaban J connectivity index is 1.79. The van der Waals surface area contributed by atoms with Crippen LogP contribution in [-0.4, -0.2) is 35.9 Å². The molecule has 0 spiro atoms. The number of para-hydroxylation sites is 1. The van der Waals surface area contributed by atoms with Gasteiger partial charge in [0.2, 0.25) is 5.82 Å². The van der Waals surface area contributed by atoms with Gasteiger partial charge in [0.15, 0.2) is 17.3 Å². The average Bonchev–Trinajstić information content (AvgIpc) is 3.30. The molecule has 4 aromatic rings. The number of benzene rings is 3. The fourth-order valence-corrected chi connectivity index (χ4v) is 3.52. The van der Waals surface area contributed by atoms with Crippen molar-refractivity contribution in [3.05, 3.63) is 101 Å². The van der Waals surface area contributed by atoms with Crippen molar-refractivity contribution in [1.29, 1.82) is 0 Å². The Morgan fingerprint density at radius 1 is 0.886 bits per heavy atom. The van der Waals surface area contributed by atoms with Gasteiger partial charge in [-0.2, -0.15) is 9.49 Å². The molecule has 0 N–H and O–H groups in total. The van der Waals surface area contributed by atoms with Crippen LogP contribution in [0.1, 0.15) is 26.4 Å². The van der Waals surface area contributed by atoms with Crippen LogP contribution in [-0.2, 0) is 16.1 Å². The summed E-state index contributed by atoms with van der Waals surface area (Å²) in [5.41, 5.74) is 1.62. The molecule has 0 unspecified atom stereocenters. The van der Waals surface area contributed by atoms with Crippen LogP contribution in [0.2, 0.25) is 0 Å². The Labute approximate surface area is 199 Å². The van der Waals surface area contributed by atoms with E-state index in [1.165, 1.54) is 31.0 Å². The van der Waals surface area contributed by atoms with Gasteiger partial charge in [-0.25, -0.2) is 18.7 Å². The second-order valence-electron chi connectivity index (χ2n) is 7.34. The predicted molar refractivity (Wildman–Crippen MR) is 122 cm³/mol. The van der Waals surface area contributed by atoms with Gasteiger partial charge in [0.25, 0.3) is 0 Å². The van der Waals surface area contributed by atoms with Gasteiger partial charge in [-0.05, 0) is 35.9 Å². The summed E-state index contributed by atoms with van der Waals surface area (Å²) in [5.74, 6) is -3.87. The molecule has 178 valence electrons. The van der Waals surface area contributed by atoms with E-state index in [0.717, 1.165) is 6.07 Å². The summed E-state index contributed by atoms with van der Waals surface area (Å²) >= 11 is 0. The van der Waals surface area contributed by atoms with E-state index in [0.29, 0.717) is 16.8 Å². The third kappa shape index (κ3) is 4.74. The standard InChI is InChI=1S/C26H20F2N2O5/c1-33-25(31)21-23(29-30(24(21)26(32)34-2)18-10-4-3-5-11-18)17-9-6-8-16(14-17)15-35-20-13-7-12-19(27)22(20)28/h3-14H,15H2,1-2H3. The lowest BCUT2D eigenvalue weighted by atomic mass is 10.0. The molecule has 4 rings (SSSR count). The van der Waals surface area contributed by atoms with Crippen LogP contribution in [0.4, 0.5) is 8.78 Å². The molecule has 7 nitrogen and oxygen atoms in total. The minimum Gasteiger partial charge on any atom is -0.486 e. The maximum absolute atomic E-state index is 13.9. The molecule has 35 heavy (non-hydrogen) atoms. The van der Waals surface area contributed by atoms with Gasteiger partial charge >= 0.3 is 11.9 Å². The number of nitrogens with zero attached hydrogens (tertiary/aromatic N) is 2. The van der Waals surface area contributed by atoms with Gasteiger partial charge in [0.1, 0.15) is 17.9 Å². The molecule has 0 saturated carbocycles. The van der Waals surface area contributed by atoms with Crippen molar-refractivity contribution in [3.8, 4) is 22.7 Å². The first-order valence-electron chi connectivity index (χ1n) is 10.5. The number of aromatic nitrogens is 2. The number of esters is 2. The zero-order valence-corrected chi connectivity index (χ0v) is 18.8. The molecule has 3 aromatic carbocycles. The van der Waals surface area contributed by atoms with Crippen LogP contribution in [0.3, 0.4) is 0 Å². The van der Waals surface area contributed by atoms with E-state index >= 15 is 0 Å². The number of carbonyl (C=O) groups is 2. The summed E-state index contributed by atoms with van der Waals surface area (Å²) in [6, 6.07) is 19.2. The summed E-state index contributed by atoms with van der Waals surface area (Å²) in [6.07, 6.45) is 0. The van der Waals surface area contributed by atoms with Crippen molar-refractivity contribution >= 4 is 11.9 Å². The molecule has 0 saturated heterocycles. The molecule has 0 aliphatic carbocycles. The Bertz CT molecular complexity index is 1390. The molecule has 0 fully saturated rings. The van der Waals surface area contributed by atoms with Crippen LogP contribution in [0.5, 0.6) is 5.75 Å². The Kier molecular flexibility index (Phi) is 6.86. The Hall–Kier alpha value is -4.53. The van der Waals surface area contributed by atoms with Crippen LogP contribution in [0.25, 0.3) is 16.9 Å². The van der Waals surface area contributed by atoms with E-state index in [2.05, 4.69) is 5.10 Å². The van der Waals surface area contributed by atoms with Gasteiger partial charge in [-0.1, -0.05) is 42.5 Å². The van der Waals surface area contributed by atoms with E-state index in [1.54, 1.807) is 54.6 Å². The van der Waals surface area contributed by atoms with Crippen LogP contribution >= 0.6 is 0 Å². The van der Waals surface area contributed by atoms with E-state index in [9.17, 15) is 18.4 Å². The van der Waals surface area contributed by atoms with E-state index in [1.807, 2.05) is 0 Å². The normalized spacial score (nSPS) is 10.6. The maximum atomic E-state index is 13.9. The first kappa shape index (κ1) is 23.6. The van der Waals surface area contributed by atoms with Crippen molar-refractivity contribution in [1.82, 2.24) is 9.78 Å². The molecular formula is C26H20F2N2O5. The molecule has 0 aliphatic rings. The molecule has 0 aliphatic heterocycles. The lowest BCUT2D eigenvalue weighted by Gasteiger charge is -2.09. The fraction of sp³-hybridized carbons (Fsp3) is 0.115. The van der Waals surface area contributed by atoms with E-state index < -0.39 is 23.6 Å². The summed E-state index contributed by atoms with van der Waals surface area (Å²) in [4.78, 5) is 25.5. The molecule has 1 heterocycles. The summed E-state index contributed by atoms with van der Waals surface area (Å²) < 4.78 is 44.0. The van der Waals surface area contributed by atoms with E-state index in [4.69, 9.17) is 14.2 Å². The van der Waals surface area contributed by atoms with Gasteiger partial charge in [-0.15, -0.1) is 0 Å². The Morgan fingerprint density at radius 3 is 2.31 bits per heavy atom. The van der Waals surface area contributed by atoms with Gasteiger partial charge < -0.3 is 14.2 Å². The maximum Gasteiger partial charge on any atom is 0.357 e. The molecule has 0 bridgehead atoms. The highest BCUT2D eigenvalue weighted by Crippen LogP contribution is 2.30. The fourth-order valence-electron chi connectivity index (χ4n) is 3.52. The highest BCUT2D eigenvalue weighted by molar-refractivity contribution is 6.06. The third-order valence-electron chi connectivity index (χ3n) is 5.17. The zero-order chi connectivity index (χ0) is 24.9. The molecule has 0 radical (unpaired) electrons. The van der Waals surface area contributed by atoms with Crippen molar-refractivity contribution in [2.24, 2.45) is 0 Å². The highest BCUT2D eigenvalue weighted by Gasteiger charge is 2.31. The number of rotatable bonds is 7. The third-order valence-corrected chi connectivity index (χ3v) is 5.17. The number of hydrogen-bond donors (Lipinski definition) is 0. The van der Waals surface area contributed by atoms with Crippen LogP contribution < -0.4 is 4.74 Å². The molecule has 0 atom stereocenters. The first-order chi connectivity index (χ1) is 16.9. The largest absolute Gasteiger partial charge is 0.486 e. The lowest BCUT2D eigenvalue weighted by molar-refractivity contribution is 0.0549. The second kappa shape index (κ2) is 10.2. The number of hydrogen-bond acceptors (Lipinski definition) is 6. The summed E-state index contributed by atoms with van der Waals surface area (Å²) in [5, 5.41) is 4.54. The summed E-state index contributed by atoms with van der Waals surface area (Å²) in [7, 11) is 2.40. The predicted octanol–water partition coefficient (Wildman–Crippen LogP) is 4.97. The SMILES string of the molecule is COC(=O)c1c(-c2cccc(COc3cccc(F)c3F)c2)nn(-c2ccccc2)c1C(=O)OC. The first-order valence-corrected chi connectivity index (χ1v) is 10.5.